The molecule has 12 heteroatoms. The lowest BCUT2D eigenvalue weighted by atomic mass is 9.82. The van der Waals surface area contributed by atoms with Crippen LogP contribution < -0.4 is 35.1 Å². The molecular weight excluding hydrogens is 743 g/mol. The van der Waals surface area contributed by atoms with Crippen LogP contribution in [0, 0.1) is 5.92 Å². The smallest absolute Gasteiger partial charge is 0.264 e. The summed E-state index contributed by atoms with van der Waals surface area (Å²) < 4.78 is 0. The third-order valence-corrected chi connectivity index (χ3v) is 13.4. The van der Waals surface area contributed by atoms with Crippen molar-refractivity contribution in [3.63, 3.8) is 0 Å². The molecule has 0 saturated carbocycles. The number of carbonyl (C=O) groups is 3. The van der Waals surface area contributed by atoms with E-state index >= 15 is 0 Å². The summed E-state index contributed by atoms with van der Waals surface area (Å²) in [5.41, 5.74) is 2.05. The van der Waals surface area contributed by atoms with Gasteiger partial charge in [-0.25, -0.2) is 0 Å². The van der Waals surface area contributed by atoms with Crippen LogP contribution in [0.2, 0.25) is 0 Å². The number of amides is 3. The Bertz CT molecular complexity index is 2220. The van der Waals surface area contributed by atoms with Crippen LogP contribution in [0.1, 0.15) is 50.2 Å². The number of anilines is 5. The van der Waals surface area contributed by atoms with Gasteiger partial charge in [0.05, 0.1) is 25.6 Å². The van der Waals surface area contributed by atoms with E-state index in [1.54, 1.807) is 22.0 Å². The molecule has 9 rings (SSSR count). The number of nitrogens with one attached hydrogen (secondary N) is 2. The Kier molecular flexibility index (Phi) is 10.3. The fourth-order valence-corrected chi connectivity index (χ4v) is 10.1. The lowest BCUT2D eigenvalue weighted by Gasteiger charge is -2.39. The predicted octanol–water partition coefficient (Wildman–Crippen LogP) is 4.86. The van der Waals surface area contributed by atoms with Gasteiger partial charge in [-0.2, -0.15) is 0 Å². The molecule has 2 spiro atoms. The number of benzene rings is 4. The number of para-hydroxylation sites is 2. The lowest BCUT2D eigenvalue weighted by Crippen LogP contribution is -2.55. The number of fused-ring (bicyclic) bond motifs is 1. The van der Waals surface area contributed by atoms with Gasteiger partial charge < -0.3 is 35.5 Å². The van der Waals surface area contributed by atoms with Crippen LogP contribution in [0.3, 0.4) is 0 Å². The van der Waals surface area contributed by atoms with Crippen molar-refractivity contribution in [2.45, 2.75) is 62.3 Å². The van der Waals surface area contributed by atoms with E-state index in [-0.39, 0.29) is 25.0 Å². The third kappa shape index (κ3) is 6.40. The van der Waals surface area contributed by atoms with Crippen molar-refractivity contribution in [1.82, 2.24) is 10.6 Å². The van der Waals surface area contributed by atoms with E-state index in [1.165, 1.54) is 0 Å². The minimum absolute atomic E-state index is 0.0120. The molecule has 12 nitrogen and oxygen atoms in total. The van der Waals surface area contributed by atoms with Gasteiger partial charge in [-0.3, -0.25) is 24.2 Å². The zero-order valence-electron chi connectivity index (χ0n) is 33.6. The minimum atomic E-state index is -1.92. The molecule has 3 amide bonds. The molecule has 59 heavy (non-hydrogen) atoms. The number of hydrogen-bond donors (Lipinski definition) is 4. The molecule has 4 N–H and O–H groups in total. The van der Waals surface area contributed by atoms with Crippen LogP contribution in [0.25, 0.3) is 0 Å². The topological polar surface area (TPSA) is 132 Å². The van der Waals surface area contributed by atoms with Gasteiger partial charge in [-0.05, 0) is 118 Å². The highest BCUT2D eigenvalue weighted by molar-refractivity contribution is 6.10. The summed E-state index contributed by atoms with van der Waals surface area (Å²) in [6.07, 6.45) is 6.74. The Morgan fingerprint density at radius 2 is 1.17 bits per heavy atom. The summed E-state index contributed by atoms with van der Waals surface area (Å²) in [5, 5.41) is 28.9. The molecule has 5 aliphatic heterocycles. The maximum absolute atomic E-state index is 14.6. The zero-order valence-corrected chi connectivity index (χ0v) is 33.6. The summed E-state index contributed by atoms with van der Waals surface area (Å²) in [5.74, 6) is -0.981. The SMILES string of the molecule is C[C@H](/C=C/CCO)[C@@]1(O)C(=O)N(Cc2ccc(N3CN(c4ccccc4)C4(CCNCC4)C3=O)cc2)c2ccc(N3CN(c4ccccc4)C4(CCNCC4)C3=O)cc21. The Hall–Kier alpha value is -5.53. The second-order valence-electron chi connectivity index (χ2n) is 16.6. The molecule has 0 bridgehead atoms. The lowest BCUT2D eigenvalue weighted by molar-refractivity contribution is -0.139. The molecule has 306 valence electrons. The average Bonchev–Trinajstić information content (AvgIpc) is 3.80. The number of nitrogens with zero attached hydrogens (tertiary/aromatic N) is 5. The molecule has 4 aromatic rings. The van der Waals surface area contributed by atoms with Crippen molar-refractivity contribution in [3.8, 4) is 0 Å². The van der Waals surface area contributed by atoms with Crippen LogP contribution in [0.15, 0.2) is 115 Å². The van der Waals surface area contributed by atoms with Crippen LogP contribution in [-0.2, 0) is 26.5 Å². The summed E-state index contributed by atoms with van der Waals surface area (Å²) in [4.78, 5) is 53.2. The van der Waals surface area contributed by atoms with Crippen molar-refractivity contribution in [1.29, 1.82) is 0 Å². The van der Waals surface area contributed by atoms with Gasteiger partial charge in [0.1, 0.15) is 11.1 Å². The molecule has 4 fully saturated rings. The highest BCUT2D eigenvalue weighted by atomic mass is 16.3. The van der Waals surface area contributed by atoms with Crippen molar-refractivity contribution >= 4 is 46.2 Å². The Balaban J connectivity index is 1.02. The van der Waals surface area contributed by atoms with E-state index in [4.69, 9.17) is 0 Å². The van der Waals surface area contributed by atoms with Gasteiger partial charge in [0, 0.05) is 40.8 Å². The Labute approximate surface area is 345 Å². The average molecular weight is 796 g/mol. The monoisotopic (exact) mass is 795 g/mol. The predicted molar refractivity (Wildman–Crippen MR) is 230 cm³/mol. The number of rotatable bonds is 10. The van der Waals surface area contributed by atoms with Crippen LogP contribution in [-0.4, -0.2) is 85.1 Å². The first-order chi connectivity index (χ1) is 28.7. The summed E-state index contributed by atoms with van der Waals surface area (Å²) in [7, 11) is 0. The van der Waals surface area contributed by atoms with Gasteiger partial charge in [0.25, 0.3) is 17.7 Å². The molecule has 4 aromatic carbocycles. The Morgan fingerprint density at radius 3 is 1.69 bits per heavy atom. The Morgan fingerprint density at radius 1 is 0.661 bits per heavy atom. The molecule has 0 aromatic heterocycles. The molecule has 0 radical (unpaired) electrons. The molecule has 5 heterocycles. The summed E-state index contributed by atoms with van der Waals surface area (Å²) >= 11 is 0. The van der Waals surface area contributed by atoms with Crippen molar-refractivity contribution in [3.05, 3.63) is 126 Å². The van der Waals surface area contributed by atoms with E-state index in [2.05, 4.69) is 32.6 Å². The van der Waals surface area contributed by atoms with Crippen LogP contribution >= 0.6 is 0 Å². The molecule has 0 aliphatic carbocycles. The van der Waals surface area contributed by atoms with Crippen LogP contribution in [0.5, 0.6) is 0 Å². The van der Waals surface area contributed by atoms with Gasteiger partial charge in [-0.15, -0.1) is 0 Å². The summed E-state index contributed by atoms with van der Waals surface area (Å²) in [6.45, 7) is 5.75. The first kappa shape index (κ1) is 39.0. The van der Waals surface area contributed by atoms with Crippen molar-refractivity contribution < 1.29 is 24.6 Å². The summed E-state index contributed by atoms with van der Waals surface area (Å²) in [6, 6.07) is 33.5. The van der Waals surface area contributed by atoms with E-state index in [0.29, 0.717) is 49.5 Å². The number of piperidine rings is 2. The quantitative estimate of drug-likeness (QED) is 0.166. The van der Waals surface area contributed by atoms with Gasteiger partial charge in [-0.1, -0.05) is 67.6 Å². The van der Waals surface area contributed by atoms with E-state index in [9.17, 15) is 24.6 Å². The van der Waals surface area contributed by atoms with E-state index in [1.807, 2.05) is 103 Å². The third-order valence-electron chi connectivity index (χ3n) is 13.4. The highest BCUT2D eigenvalue weighted by Gasteiger charge is 2.56. The second-order valence-corrected chi connectivity index (χ2v) is 16.6. The first-order valence-corrected chi connectivity index (χ1v) is 21.0. The fraction of sp³-hybridized carbons (Fsp3) is 0.383. The number of aliphatic hydroxyl groups is 2. The maximum atomic E-state index is 14.6. The van der Waals surface area contributed by atoms with Gasteiger partial charge >= 0.3 is 0 Å². The number of carbonyl (C=O) groups excluding carboxylic acids is 3. The minimum Gasteiger partial charge on any atom is -0.396 e. The first-order valence-electron chi connectivity index (χ1n) is 21.0. The molecular formula is C47H53N7O5. The number of aliphatic hydroxyl groups excluding tert-OH is 1. The largest absolute Gasteiger partial charge is 0.396 e. The maximum Gasteiger partial charge on any atom is 0.264 e. The number of hydrogen-bond acceptors (Lipinski definition) is 9. The molecule has 4 saturated heterocycles. The van der Waals surface area contributed by atoms with Gasteiger partial charge in [0.15, 0.2) is 5.60 Å². The van der Waals surface area contributed by atoms with Crippen LogP contribution in [0.4, 0.5) is 28.4 Å². The van der Waals surface area contributed by atoms with Gasteiger partial charge in [0.2, 0.25) is 0 Å². The highest BCUT2D eigenvalue weighted by Crippen LogP contribution is 2.49. The second kappa shape index (κ2) is 15.6. The zero-order chi connectivity index (χ0) is 40.8. The fourth-order valence-electron chi connectivity index (χ4n) is 10.1. The molecule has 0 unspecified atom stereocenters. The van der Waals surface area contributed by atoms with E-state index < -0.39 is 28.5 Å². The normalized spacial score (nSPS) is 23.0. The molecule has 2 atom stereocenters. The van der Waals surface area contributed by atoms with Crippen molar-refractivity contribution in [2.24, 2.45) is 5.92 Å². The molecule has 5 aliphatic rings. The van der Waals surface area contributed by atoms with Crippen molar-refractivity contribution in [2.75, 3.05) is 70.6 Å². The van der Waals surface area contributed by atoms with E-state index in [0.717, 1.165) is 61.6 Å². The standard InChI is InChI=1S/C47H53N7O5/c1-34(10-8-9-29-55)47(59)40-30-39(52-33-54(38-13-6-3-7-14-38)46(43(52)57)23-27-49-28-24-46)19-20-41(40)50(44(47)58)31-35-15-17-36(18-16-35)51-32-53(37-11-4-2-5-12-37)45(42(51)56)21-25-48-26-22-45/h2-8,10-20,30,34,48-49,55,59H,9,21-29,31-33H2,1H3/b10-8+/t34-,47+/m1/s1.